The quantitative estimate of drug-likeness (QED) is 0.319. The predicted molar refractivity (Wildman–Crippen MR) is 121 cm³/mol. The van der Waals surface area contributed by atoms with Gasteiger partial charge in [0.05, 0.1) is 19.1 Å². The van der Waals surface area contributed by atoms with E-state index in [4.69, 9.17) is 23.4 Å². The lowest BCUT2D eigenvalue weighted by Crippen LogP contribution is -2.73. The molecule has 0 amide bonds. The molecular weight excluding hydrogens is 488 g/mol. The fraction of sp³-hybridized carbons (Fsp3) is 0.615. The molecule has 0 aromatic carbocycles. The lowest BCUT2D eigenvalue weighted by atomic mass is 9.45. The fourth-order valence-corrected chi connectivity index (χ4v) is 7.19. The first kappa shape index (κ1) is 24.8. The Balaban J connectivity index is 1.40. The first-order valence-corrected chi connectivity index (χ1v) is 12.4. The van der Waals surface area contributed by atoms with E-state index in [2.05, 4.69) is 0 Å². The standard InChI is InChI=1S/C26H30O11/c1-24-9-15(12-5-8-33-11-12)34-21(31)13(24)3-6-25(2)20(24)14-4-7-26(25,23(32)36-14)37-22-19(30)18(29)17(28)16(10-27)35-22/h3-5,7-8,11,14-20,22,27-30H,6,9-10H2,1-2H3. The summed E-state index contributed by atoms with van der Waals surface area (Å²) in [4.78, 5) is 26.6. The summed E-state index contributed by atoms with van der Waals surface area (Å²) in [6.07, 6.45) is -0.0578. The maximum atomic E-state index is 13.5. The van der Waals surface area contributed by atoms with Crippen LogP contribution in [0.3, 0.4) is 0 Å². The molecule has 11 nitrogen and oxygen atoms in total. The second-order valence-corrected chi connectivity index (χ2v) is 11.1. The van der Waals surface area contributed by atoms with Gasteiger partial charge in [0.15, 0.2) is 11.9 Å². The minimum Gasteiger partial charge on any atom is -0.472 e. The molecule has 2 aliphatic carbocycles. The monoisotopic (exact) mass is 518 g/mol. The highest BCUT2D eigenvalue weighted by Gasteiger charge is 2.73. The van der Waals surface area contributed by atoms with E-state index in [0.29, 0.717) is 12.0 Å². The van der Waals surface area contributed by atoms with E-state index in [1.54, 1.807) is 24.3 Å². The maximum absolute atomic E-state index is 13.5. The molecule has 3 saturated heterocycles. The molecule has 11 atom stereocenters. The van der Waals surface area contributed by atoms with Crippen LogP contribution in [0.5, 0.6) is 0 Å². The van der Waals surface area contributed by atoms with Crippen LogP contribution in [0.2, 0.25) is 0 Å². The number of hydrogen-bond donors (Lipinski definition) is 4. The predicted octanol–water partition coefficient (Wildman–Crippen LogP) is 0.277. The summed E-state index contributed by atoms with van der Waals surface area (Å²) in [5, 5.41) is 40.7. The highest BCUT2D eigenvalue weighted by Crippen LogP contribution is 2.67. The molecule has 1 aromatic rings. The summed E-state index contributed by atoms with van der Waals surface area (Å²) in [7, 11) is 0. The van der Waals surface area contributed by atoms with Crippen LogP contribution in [0.1, 0.15) is 38.4 Å². The van der Waals surface area contributed by atoms with Gasteiger partial charge >= 0.3 is 11.9 Å². The van der Waals surface area contributed by atoms with Gasteiger partial charge in [0.1, 0.15) is 36.6 Å². The van der Waals surface area contributed by atoms with Crippen molar-refractivity contribution in [3.8, 4) is 0 Å². The molecule has 200 valence electrons. The third kappa shape index (κ3) is 3.22. The Morgan fingerprint density at radius 3 is 2.57 bits per heavy atom. The lowest BCUT2D eigenvalue weighted by Gasteiger charge is -2.64. The van der Waals surface area contributed by atoms with Crippen molar-refractivity contribution < 1.29 is 53.4 Å². The average Bonchev–Trinajstić information content (AvgIpc) is 3.40. The summed E-state index contributed by atoms with van der Waals surface area (Å²) in [5.74, 6) is -1.53. The van der Waals surface area contributed by atoms with Gasteiger partial charge < -0.3 is 43.8 Å². The summed E-state index contributed by atoms with van der Waals surface area (Å²) >= 11 is 0. The molecule has 11 unspecified atom stereocenters. The molecule has 2 bridgehead atoms. The van der Waals surface area contributed by atoms with Gasteiger partial charge in [0, 0.05) is 27.9 Å². The number of carbonyl (C=O) groups excluding carboxylic acids is 2. The normalized spacial score (nSPS) is 48.5. The Labute approximate surface area is 212 Å². The highest BCUT2D eigenvalue weighted by atomic mass is 16.7. The molecule has 1 aromatic heterocycles. The van der Waals surface area contributed by atoms with Crippen LogP contribution < -0.4 is 0 Å². The zero-order valence-corrected chi connectivity index (χ0v) is 20.4. The number of fused-ring (bicyclic) bond motifs is 2. The van der Waals surface area contributed by atoms with Crippen molar-refractivity contribution in [1.29, 1.82) is 0 Å². The summed E-state index contributed by atoms with van der Waals surface area (Å²) in [6.45, 7) is 3.20. The first-order valence-electron chi connectivity index (χ1n) is 12.4. The van der Waals surface area contributed by atoms with Crippen molar-refractivity contribution in [1.82, 2.24) is 0 Å². The second kappa shape index (κ2) is 8.23. The number of cyclic esters (lactones) is 1. The molecule has 4 N–H and O–H groups in total. The Kier molecular flexibility index (Phi) is 5.51. The SMILES string of the molecule is CC12CC(c3ccoc3)OC(=O)C1=CCC1(C)C2C2C=CC1(OC1OC(CO)C(O)C(O)C1O)C(=O)O2. The van der Waals surface area contributed by atoms with Crippen molar-refractivity contribution in [2.75, 3.05) is 6.61 Å². The van der Waals surface area contributed by atoms with Gasteiger partial charge in [-0.15, -0.1) is 0 Å². The minimum atomic E-state index is -1.74. The topological polar surface area (TPSA) is 165 Å². The molecule has 3 fully saturated rings. The van der Waals surface area contributed by atoms with Crippen molar-refractivity contribution in [2.45, 2.75) is 75.2 Å². The van der Waals surface area contributed by atoms with Crippen LogP contribution in [0.25, 0.3) is 0 Å². The zero-order chi connectivity index (χ0) is 26.3. The van der Waals surface area contributed by atoms with E-state index in [1.165, 1.54) is 12.5 Å². The summed E-state index contributed by atoms with van der Waals surface area (Å²) in [6, 6.07) is 1.74. The first-order chi connectivity index (χ1) is 17.6. The van der Waals surface area contributed by atoms with Crippen molar-refractivity contribution in [3.63, 3.8) is 0 Å². The number of furan rings is 1. The van der Waals surface area contributed by atoms with E-state index in [0.717, 1.165) is 5.56 Å². The third-order valence-electron chi connectivity index (χ3n) is 9.11. The van der Waals surface area contributed by atoms with E-state index < -0.39 is 83.8 Å². The maximum Gasteiger partial charge on any atom is 0.343 e. The molecular formula is C26H30O11. The number of aliphatic hydroxyl groups excluding tert-OH is 4. The van der Waals surface area contributed by atoms with Crippen LogP contribution in [-0.2, 0) is 28.5 Å². The summed E-state index contributed by atoms with van der Waals surface area (Å²) < 4.78 is 28.6. The van der Waals surface area contributed by atoms with Crippen LogP contribution in [0.4, 0.5) is 0 Å². The third-order valence-corrected chi connectivity index (χ3v) is 9.11. The second-order valence-electron chi connectivity index (χ2n) is 11.1. The molecule has 0 spiro atoms. The van der Waals surface area contributed by atoms with Gasteiger partial charge in [-0.25, -0.2) is 9.59 Å². The Bertz CT molecular complexity index is 1160. The van der Waals surface area contributed by atoms with Gasteiger partial charge in [-0.3, -0.25) is 0 Å². The molecule has 5 heterocycles. The number of rotatable bonds is 4. The number of esters is 2. The molecule has 0 radical (unpaired) electrons. The number of aliphatic hydroxyl groups is 4. The van der Waals surface area contributed by atoms with E-state index in [-0.39, 0.29) is 6.42 Å². The largest absolute Gasteiger partial charge is 0.472 e. The van der Waals surface area contributed by atoms with Crippen molar-refractivity contribution in [3.05, 3.63) is 48.0 Å². The Morgan fingerprint density at radius 1 is 1.11 bits per heavy atom. The van der Waals surface area contributed by atoms with Crippen LogP contribution in [-0.4, -0.2) is 81.4 Å². The van der Waals surface area contributed by atoms with Gasteiger partial charge in [-0.1, -0.05) is 19.9 Å². The van der Waals surface area contributed by atoms with Gasteiger partial charge in [0.25, 0.3) is 0 Å². The van der Waals surface area contributed by atoms with Gasteiger partial charge in [0.2, 0.25) is 0 Å². The number of carbonyl (C=O) groups is 2. The minimum absolute atomic E-state index is 0.265. The van der Waals surface area contributed by atoms with Crippen LogP contribution in [0.15, 0.2) is 46.8 Å². The van der Waals surface area contributed by atoms with E-state index in [9.17, 15) is 30.0 Å². The van der Waals surface area contributed by atoms with Crippen LogP contribution in [0, 0.1) is 16.7 Å². The van der Waals surface area contributed by atoms with Crippen molar-refractivity contribution in [2.24, 2.45) is 16.7 Å². The Hall–Kier alpha value is -2.54. The number of hydrogen-bond acceptors (Lipinski definition) is 11. The Morgan fingerprint density at radius 2 is 1.89 bits per heavy atom. The van der Waals surface area contributed by atoms with E-state index >= 15 is 0 Å². The average molecular weight is 519 g/mol. The smallest absolute Gasteiger partial charge is 0.343 e. The van der Waals surface area contributed by atoms with Crippen LogP contribution >= 0.6 is 0 Å². The molecule has 6 aliphatic rings. The molecule has 11 heteroatoms. The number of ether oxygens (including phenoxy) is 4. The molecule has 37 heavy (non-hydrogen) atoms. The molecule has 7 rings (SSSR count). The summed E-state index contributed by atoms with van der Waals surface area (Å²) in [5.41, 5.74) is -2.23. The fourth-order valence-electron chi connectivity index (χ4n) is 7.19. The lowest BCUT2D eigenvalue weighted by molar-refractivity contribution is -0.344. The highest BCUT2D eigenvalue weighted by molar-refractivity contribution is 5.93. The van der Waals surface area contributed by atoms with E-state index in [1.807, 2.05) is 13.8 Å². The van der Waals surface area contributed by atoms with Gasteiger partial charge in [-0.2, -0.15) is 0 Å². The number of allylic oxidation sites excluding steroid dienone is 1. The zero-order valence-electron chi connectivity index (χ0n) is 20.4. The molecule has 4 aliphatic heterocycles. The van der Waals surface area contributed by atoms with Crippen molar-refractivity contribution >= 4 is 11.9 Å². The molecule has 0 saturated carbocycles. The van der Waals surface area contributed by atoms with Gasteiger partial charge in [-0.05, 0) is 31.1 Å².